The summed E-state index contributed by atoms with van der Waals surface area (Å²) in [6, 6.07) is 10.7. The first-order valence-electron chi connectivity index (χ1n) is 6.99. The fourth-order valence-electron chi connectivity index (χ4n) is 3.18. The van der Waals surface area contributed by atoms with Gasteiger partial charge in [0.1, 0.15) is 5.75 Å². The van der Waals surface area contributed by atoms with Crippen LogP contribution < -0.4 is 9.64 Å². The van der Waals surface area contributed by atoms with Crippen LogP contribution in [0.2, 0.25) is 0 Å². The first kappa shape index (κ1) is 13.0. The Hall–Kier alpha value is -1.96. The van der Waals surface area contributed by atoms with E-state index in [2.05, 4.69) is 69.1 Å². The molecule has 2 aromatic carbocycles. The van der Waals surface area contributed by atoms with Crippen LogP contribution in [0.25, 0.3) is 16.3 Å². The van der Waals surface area contributed by atoms with Crippen LogP contribution in [0.1, 0.15) is 26.3 Å². The molecular formula is C18H21NO. The molecule has 0 atom stereocenters. The van der Waals surface area contributed by atoms with Crippen molar-refractivity contribution in [3.63, 3.8) is 0 Å². The van der Waals surface area contributed by atoms with E-state index in [1.807, 2.05) is 0 Å². The molecule has 3 rings (SSSR count). The molecule has 0 aromatic heterocycles. The average molecular weight is 267 g/mol. The molecule has 0 saturated heterocycles. The van der Waals surface area contributed by atoms with Crippen LogP contribution in [-0.2, 0) is 0 Å². The summed E-state index contributed by atoms with van der Waals surface area (Å²) >= 11 is 0. The molecule has 0 fully saturated rings. The summed E-state index contributed by atoms with van der Waals surface area (Å²) in [6.45, 7) is 6.66. The third-order valence-corrected chi connectivity index (χ3v) is 4.37. The summed E-state index contributed by atoms with van der Waals surface area (Å²) in [5, 5.41) is 2.51. The molecule has 1 aliphatic rings. The maximum atomic E-state index is 5.64. The number of anilines is 1. The lowest BCUT2D eigenvalue weighted by Crippen LogP contribution is -2.42. The molecule has 2 aromatic rings. The van der Waals surface area contributed by atoms with Gasteiger partial charge in [-0.25, -0.2) is 0 Å². The number of hydrogen-bond donors (Lipinski definition) is 0. The van der Waals surface area contributed by atoms with Crippen molar-refractivity contribution in [1.82, 2.24) is 0 Å². The zero-order valence-corrected chi connectivity index (χ0v) is 12.8. The van der Waals surface area contributed by atoms with E-state index in [4.69, 9.17) is 4.74 Å². The second kappa shape index (κ2) is 4.27. The fraction of sp³-hybridized carbons (Fsp3) is 0.333. The van der Waals surface area contributed by atoms with Gasteiger partial charge in [-0.3, -0.25) is 0 Å². The minimum absolute atomic E-state index is 0.00617. The van der Waals surface area contributed by atoms with Gasteiger partial charge in [0.25, 0.3) is 0 Å². The van der Waals surface area contributed by atoms with Crippen molar-refractivity contribution in [3.8, 4) is 5.75 Å². The van der Waals surface area contributed by atoms with E-state index in [9.17, 15) is 0 Å². The number of ether oxygens (including phenoxy) is 1. The van der Waals surface area contributed by atoms with Crippen molar-refractivity contribution in [2.75, 3.05) is 19.1 Å². The lowest BCUT2D eigenvalue weighted by molar-refractivity contribution is 0.413. The number of fused-ring (bicyclic) bond motifs is 3. The quantitative estimate of drug-likeness (QED) is 0.755. The Morgan fingerprint density at radius 1 is 1.15 bits per heavy atom. The van der Waals surface area contributed by atoms with Crippen molar-refractivity contribution in [1.29, 1.82) is 0 Å². The zero-order valence-electron chi connectivity index (χ0n) is 12.8. The SMILES string of the molecule is COc1cc2ccccc2c2c1C(C)=CC(C)(C)N2C. The molecule has 1 heterocycles. The fourth-order valence-corrected chi connectivity index (χ4v) is 3.18. The molecular weight excluding hydrogens is 246 g/mol. The Morgan fingerprint density at radius 2 is 1.85 bits per heavy atom. The predicted molar refractivity (Wildman–Crippen MR) is 86.6 cm³/mol. The monoisotopic (exact) mass is 267 g/mol. The molecule has 0 N–H and O–H groups in total. The van der Waals surface area contributed by atoms with Crippen LogP contribution in [0.5, 0.6) is 5.75 Å². The highest BCUT2D eigenvalue weighted by molar-refractivity contribution is 6.03. The van der Waals surface area contributed by atoms with Gasteiger partial charge in [-0.15, -0.1) is 0 Å². The molecule has 2 heteroatoms. The van der Waals surface area contributed by atoms with Gasteiger partial charge in [-0.05, 0) is 37.8 Å². The standard InChI is InChI=1S/C18H21NO/c1-12-11-18(2,3)19(4)17-14-9-7-6-8-13(14)10-15(20-5)16(12)17/h6-11H,1-5H3. The first-order chi connectivity index (χ1) is 9.45. The van der Waals surface area contributed by atoms with Crippen LogP contribution in [0.3, 0.4) is 0 Å². The van der Waals surface area contributed by atoms with Gasteiger partial charge in [0.15, 0.2) is 0 Å². The van der Waals surface area contributed by atoms with Gasteiger partial charge in [-0.1, -0.05) is 30.3 Å². The third-order valence-electron chi connectivity index (χ3n) is 4.37. The molecule has 0 amide bonds. The zero-order chi connectivity index (χ0) is 14.5. The van der Waals surface area contributed by atoms with E-state index < -0.39 is 0 Å². The average Bonchev–Trinajstić information content (AvgIpc) is 2.42. The summed E-state index contributed by atoms with van der Waals surface area (Å²) in [5.74, 6) is 0.954. The molecule has 0 saturated carbocycles. The second-order valence-corrected chi connectivity index (χ2v) is 6.06. The van der Waals surface area contributed by atoms with Crippen LogP contribution >= 0.6 is 0 Å². The maximum Gasteiger partial charge on any atom is 0.129 e. The van der Waals surface area contributed by atoms with E-state index >= 15 is 0 Å². The Labute approximate surface area is 120 Å². The van der Waals surface area contributed by atoms with Crippen LogP contribution in [0, 0.1) is 0 Å². The van der Waals surface area contributed by atoms with Crippen molar-refractivity contribution in [2.45, 2.75) is 26.3 Å². The number of rotatable bonds is 1. The molecule has 0 bridgehead atoms. The van der Waals surface area contributed by atoms with Crippen molar-refractivity contribution in [3.05, 3.63) is 42.0 Å². The Bertz CT molecular complexity index is 713. The maximum absolute atomic E-state index is 5.64. The summed E-state index contributed by atoms with van der Waals surface area (Å²) in [4.78, 5) is 2.35. The Morgan fingerprint density at radius 3 is 2.55 bits per heavy atom. The van der Waals surface area contributed by atoms with Crippen molar-refractivity contribution >= 4 is 22.0 Å². The van der Waals surface area contributed by atoms with E-state index in [-0.39, 0.29) is 5.54 Å². The highest BCUT2D eigenvalue weighted by Gasteiger charge is 2.31. The van der Waals surface area contributed by atoms with Gasteiger partial charge in [0, 0.05) is 18.0 Å². The van der Waals surface area contributed by atoms with Gasteiger partial charge >= 0.3 is 0 Å². The molecule has 104 valence electrons. The molecule has 0 spiro atoms. The number of nitrogens with zero attached hydrogens (tertiary/aromatic N) is 1. The normalized spacial score (nSPS) is 16.9. The first-order valence-corrected chi connectivity index (χ1v) is 6.99. The smallest absolute Gasteiger partial charge is 0.129 e. The number of allylic oxidation sites excluding steroid dienone is 1. The summed E-state index contributed by atoms with van der Waals surface area (Å²) in [6.07, 6.45) is 2.31. The third kappa shape index (κ3) is 1.71. The summed E-state index contributed by atoms with van der Waals surface area (Å²) in [7, 11) is 3.91. The Kier molecular flexibility index (Phi) is 2.79. The highest BCUT2D eigenvalue weighted by Crippen LogP contribution is 2.46. The van der Waals surface area contributed by atoms with Crippen LogP contribution in [-0.4, -0.2) is 19.7 Å². The molecule has 2 nitrogen and oxygen atoms in total. The van der Waals surface area contributed by atoms with E-state index in [0.717, 1.165) is 5.75 Å². The Balaban J connectivity index is 2.46. The lowest BCUT2D eigenvalue weighted by atomic mass is 9.86. The van der Waals surface area contributed by atoms with E-state index in [1.165, 1.54) is 27.6 Å². The minimum Gasteiger partial charge on any atom is -0.496 e. The van der Waals surface area contributed by atoms with Crippen molar-refractivity contribution < 1.29 is 4.74 Å². The largest absolute Gasteiger partial charge is 0.496 e. The van der Waals surface area contributed by atoms with Crippen LogP contribution in [0.15, 0.2) is 36.4 Å². The van der Waals surface area contributed by atoms with Gasteiger partial charge in [0.2, 0.25) is 0 Å². The number of benzene rings is 2. The van der Waals surface area contributed by atoms with Gasteiger partial charge < -0.3 is 9.64 Å². The van der Waals surface area contributed by atoms with E-state index in [1.54, 1.807) is 7.11 Å². The molecule has 0 unspecified atom stereocenters. The molecule has 20 heavy (non-hydrogen) atoms. The molecule has 0 radical (unpaired) electrons. The number of hydrogen-bond acceptors (Lipinski definition) is 2. The summed E-state index contributed by atoms with van der Waals surface area (Å²) in [5.41, 5.74) is 3.77. The highest BCUT2D eigenvalue weighted by atomic mass is 16.5. The van der Waals surface area contributed by atoms with Crippen LogP contribution in [0.4, 0.5) is 5.69 Å². The molecule has 0 aliphatic carbocycles. The topological polar surface area (TPSA) is 12.5 Å². The second-order valence-electron chi connectivity index (χ2n) is 6.06. The number of methoxy groups -OCH3 is 1. The molecule has 1 aliphatic heterocycles. The van der Waals surface area contributed by atoms with E-state index in [0.29, 0.717) is 0 Å². The summed E-state index contributed by atoms with van der Waals surface area (Å²) < 4.78 is 5.64. The van der Waals surface area contributed by atoms with Crippen molar-refractivity contribution in [2.24, 2.45) is 0 Å². The number of likely N-dealkylation sites (N-methyl/N-ethyl adjacent to an activating group) is 1. The lowest BCUT2D eigenvalue weighted by Gasteiger charge is -2.41. The predicted octanol–water partition coefficient (Wildman–Crippen LogP) is 4.48. The van der Waals surface area contributed by atoms with Gasteiger partial charge in [-0.2, -0.15) is 0 Å². The minimum atomic E-state index is 0.00617. The van der Waals surface area contributed by atoms with Gasteiger partial charge in [0.05, 0.1) is 18.3 Å².